The first kappa shape index (κ1) is 12.4. The highest BCUT2D eigenvalue weighted by Gasteiger charge is 2.11. The zero-order chi connectivity index (χ0) is 11.4. The van der Waals surface area contributed by atoms with Crippen molar-refractivity contribution < 1.29 is 9.18 Å². The number of rotatable bonds is 4. The number of halogens is 2. The number of benzene rings is 1. The van der Waals surface area contributed by atoms with Crippen LogP contribution in [0, 0.1) is 5.82 Å². The van der Waals surface area contributed by atoms with Gasteiger partial charge in [-0.2, -0.15) is 0 Å². The zero-order valence-electron chi connectivity index (χ0n) is 8.89. The molecule has 0 aliphatic heterocycles. The molecule has 0 radical (unpaired) electrons. The Balaban J connectivity index is 3.10. The van der Waals surface area contributed by atoms with E-state index in [1.807, 2.05) is 19.9 Å². The van der Waals surface area contributed by atoms with Gasteiger partial charge in [0, 0.05) is 6.42 Å². The van der Waals surface area contributed by atoms with E-state index >= 15 is 0 Å². The summed E-state index contributed by atoms with van der Waals surface area (Å²) in [5.41, 5.74) is 1.70. The van der Waals surface area contributed by atoms with Crippen LogP contribution in [-0.4, -0.2) is 6.29 Å². The minimum absolute atomic E-state index is 0.143. The van der Waals surface area contributed by atoms with Gasteiger partial charge in [0.1, 0.15) is 12.1 Å². The van der Waals surface area contributed by atoms with E-state index in [0.717, 1.165) is 11.8 Å². The Morgan fingerprint density at radius 3 is 2.73 bits per heavy atom. The van der Waals surface area contributed by atoms with Crippen LogP contribution in [-0.2, 0) is 11.2 Å². The van der Waals surface area contributed by atoms with Crippen LogP contribution in [0.25, 0.3) is 0 Å². The van der Waals surface area contributed by atoms with E-state index in [1.54, 1.807) is 6.07 Å². The minimum Gasteiger partial charge on any atom is -0.303 e. The topological polar surface area (TPSA) is 17.1 Å². The van der Waals surface area contributed by atoms with Crippen molar-refractivity contribution in [3.05, 3.63) is 33.5 Å². The molecule has 0 amide bonds. The van der Waals surface area contributed by atoms with Crippen LogP contribution in [0.5, 0.6) is 0 Å². The van der Waals surface area contributed by atoms with Gasteiger partial charge in [-0.25, -0.2) is 4.39 Å². The van der Waals surface area contributed by atoms with Gasteiger partial charge in [-0.3, -0.25) is 0 Å². The lowest BCUT2D eigenvalue weighted by molar-refractivity contribution is -0.108. The van der Waals surface area contributed by atoms with Crippen LogP contribution in [0.2, 0.25) is 0 Å². The summed E-state index contributed by atoms with van der Waals surface area (Å²) >= 11 is 3.19. The first-order valence-electron chi connectivity index (χ1n) is 5.01. The van der Waals surface area contributed by atoms with Crippen LogP contribution in [0.3, 0.4) is 0 Å². The smallest absolute Gasteiger partial charge is 0.140 e. The zero-order valence-corrected chi connectivity index (χ0v) is 10.5. The predicted octanol–water partition coefficient (Wildman–Crippen LogP) is 3.84. The van der Waals surface area contributed by atoms with Crippen LogP contribution >= 0.6 is 15.9 Å². The summed E-state index contributed by atoms with van der Waals surface area (Å²) in [6, 6.07) is 3.59. The van der Waals surface area contributed by atoms with Gasteiger partial charge in [0.05, 0.1) is 4.47 Å². The maximum Gasteiger partial charge on any atom is 0.140 e. The number of aryl methyl sites for hydroxylation is 1. The van der Waals surface area contributed by atoms with E-state index < -0.39 is 0 Å². The molecular weight excluding hydrogens is 259 g/mol. The molecule has 0 saturated heterocycles. The number of carbonyl (C=O) groups is 1. The van der Waals surface area contributed by atoms with E-state index in [1.165, 1.54) is 0 Å². The van der Waals surface area contributed by atoms with Crippen molar-refractivity contribution in [2.45, 2.75) is 32.6 Å². The Morgan fingerprint density at radius 1 is 1.53 bits per heavy atom. The molecule has 1 nitrogen and oxygen atoms in total. The Kier molecular flexibility index (Phi) is 4.45. The van der Waals surface area contributed by atoms with Gasteiger partial charge in [-0.15, -0.1) is 0 Å². The third-order valence-corrected chi connectivity index (χ3v) is 3.10. The van der Waals surface area contributed by atoms with Gasteiger partial charge in [-0.05, 0) is 45.5 Å². The Bertz CT molecular complexity index is 363. The molecular formula is C12H14BrFO. The van der Waals surface area contributed by atoms with E-state index in [-0.39, 0.29) is 11.7 Å². The molecule has 0 aliphatic rings. The molecule has 1 unspecified atom stereocenters. The van der Waals surface area contributed by atoms with Crippen molar-refractivity contribution in [2.24, 2.45) is 0 Å². The lowest BCUT2D eigenvalue weighted by Gasteiger charge is -2.12. The number of hydrogen-bond donors (Lipinski definition) is 0. The maximum absolute atomic E-state index is 13.5. The minimum atomic E-state index is -0.195. The van der Waals surface area contributed by atoms with Crippen LogP contribution < -0.4 is 0 Å². The molecule has 1 aromatic rings. The molecule has 0 N–H and O–H groups in total. The highest BCUT2D eigenvalue weighted by molar-refractivity contribution is 9.10. The predicted molar refractivity (Wildman–Crippen MR) is 62.6 cm³/mol. The fourth-order valence-corrected chi connectivity index (χ4v) is 2.01. The summed E-state index contributed by atoms with van der Waals surface area (Å²) in [5.74, 6) is -0.0516. The third kappa shape index (κ3) is 2.88. The van der Waals surface area contributed by atoms with Crippen molar-refractivity contribution in [3.63, 3.8) is 0 Å². The standard InChI is InChI=1S/C12H14BrFO/c1-3-9-6-10(8(2)4-5-15)7-11(13)12(9)14/h5-8H,3-4H2,1-2H3. The van der Waals surface area contributed by atoms with Crippen molar-refractivity contribution >= 4 is 22.2 Å². The number of hydrogen-bond acceptors (Lipinski definition) is 1. The van der Waals surface area contributed by atoms with Gasteiger partial charge in [0.15, 0.2) is 0 Å². The van der Waals surface area contributed by atoms with Crippen molar-refractivity contribution in [3.8, 4) is 0 Å². The average molecular weight is 273 g/mol. The third-order valence-electron chi connectivity index (χ3n) is 2.53. The summed E-state index contributed by atoms with van der Waals surface area (Å²) in [7, 11) is 0. The molecule has 15 heavy (non-hydrogen) atoms. The van der Waals surface area contributed by atoms with Crippen molar-refractivity contribution in [2.75, 3.05) is 0 Å². The summed E-state index contributed by atoms with van der Waals surface area (Å²) in [5, 5.41) is 0. The first-order chi connectivity index (χ1) is 7.10. The summed E-state index contributed by atoms with van der Waals surface area (Å²) in [6.45, 7) is 3.88. The lowest BCUT2D eigenvalue weighted by atomic mass is 9.96. The van der Waals surface area contributed by atoms with Crippen LogP contribution in [0.1, 0.15) is 37.3 Å². The van der Waals surface area contributed by atoms with E-state index in [4.69, 9.17) is 0 Å². The largest absolute Gasteiger partial charge is 0.303 e. The number of aldehydes is 1. The Hall–Kier alpha value is -0.700. The molecule has 1 rings (SSSR count). The second kappa shape index (κ2) is 5.40. The Morgan fingerprint density at radius 2 is 2.20 bits per heavy atom. The monoisotopic (exact) mass is 272 g/mol. The fraction of sp³-hybridized carbons (Fsp3) is 0.417. The van der Waals surface area contributed by atoms with Gasteiger partial charge in [0.25, 0.3) is 0 Å². The summed E-state index contributed by atoms with van der Waals surface area (Å²) in [4.78, 5) is 10.4. The average Bonchev–Trinajstić information content (AvgIpc) is 2.22. The highest BCUT2D eigenvalue weighted by Crippen LogP contribution is 2.27. The molecule has 3 heteroatoms. The molecule has 0 aliphatic carbocycles. The highest BCUT2D eigenvalue weighted by atomic mass is 79.9. The van der Waals surface area contributed by atoms with Gasteiger partial charge >= 0.3 is 0 Å². The van der Waals surface area contributed by atoms with Gasteiger partial charge in [-0.1, -0.05) is 19.9 Å². The normalized spacial score (nSPS) is 12.5. The first-order valence-corrected chi connectivity index (χ1v) is 5.80. The fourth-order valence-electron chi connectivity index (χ4n) is 1.49. The SMILES string of the molecule is CCc1cc(C(C)CC=O)cc(Br)c1F. The molecule has 0 aromatic heterocycles. The van der Waals surface area contributed by atoms with Crippen LogP contribution in [0.15, 0.2) is 16.6 Å². The van der Waals surface area contributed by atoms with E-state index in [2.05, 4.69) is 15.9 Å². The van der Waals surface area contributed by atoms with E-state index in [9.17, 15) is 9.18 Å². The summed E-state index contributed by atoms with van der Waals surface area (Å²) in [6.07, 6.45) is 2.03. The Labute approximate surface area is 97.8 Å². The molecule has 0 spiro atoms. The molecule has 1 aromatic carbocycles. The van der Waals surface area contributed by atoms with Crippen LogP contribution in [0.4, 0.5) is 4.39 Å². The molecule has 0 heterocycles. The molecule has 0 bridgehead atoms. The second-order valence-corrected chi connectivity index (χ2v) is 4.49. The van der Waals surface area contributed by atoms with Gasteiger partial charge in [0.2, 0.25) is 0 Å². The van der Waals surface area contributed by atoms with Crippen molar-refractivity contribution in [1.82, 2.24) is 0 Å². The maximum atomic E-state index is 13.5. The second-order valence-electron chi connectivity index (χ2n) is 3.63. The number of carbonyl (C=O) groups excluding carboxylic acids is 1. The molecule has 1 atom stereocenters. The quantitative estimate of drug-likeness (QED) is 0.762. The van der Waals surface area contributed by atoms with Crippen molar-refractivity contribution in [1.29, 1.82) is 0 Å². The lowest BCUT2D eigenvalue weighted by Crippen LogP contribution is -1.98. The molecule has 0 fully saturated rings. The van der Waals surface area contributed by atoms with E-state index in [0.29, 0.717) is 22.9 Å². The molecule has 0 saturated carbocycles. The van der Waals surface area contributed by atoms with Gasteiger partial charge < -0.3 is 4.79 Å². The summed E-state index contributed by atoms with van der Waals surface area (Å²) < 4.78 is 14.0. The molecule has 82 valence electrons.